The topological polar surface area (TPSA) is 82.2 Å². The minimum absolute atomic E-state index is 0.372. The van der Waals surface area contributed by atoms with E-state index in [9.17, 15) is 4.79 Å². The number of rotatable bonds is 1. The molecule has 0 aromatic carbocycles. The number of hydrogen-bond acceptors (Lipinski definition) is 4. The molecule has 0 saturated carbocycles. The Bertz CT molecular complexity index is 333. The van der Waals surface area contributed by atoms with E-state index in [0.29, 0.717) is 18.1 Å². The second-order valence-electron chi connectivity index (χ2n) is 2.76. The van der Waals surface area contributed by atoms with Crippen molar-refractivity contribution in [3.05, 3.63) is 11.8 Å². The summed E-state index contributed by atoms with van der Waals surface area (Å²) in [5.74, 6) is 5.14. The molecule has 0 atom stereocenters. The van der Waals surface area contributed by atoms with Crippen LogP contribution in [0.5, 0.6) is 5.88 Å². The van der Waals surface area contributed by atoms with E-state index in [-0.39, 0.29) is 5.91 Å². The Morgan fingerprint density at radius 2 is 2.62 bits per heavy atom. The number of hydrazine groups is 1. The Labute approximate surface area is 74.6 Å². The lowest BCUT2D eigenvalue weighted by molar-refractivity contribution is 0.0947. The molecule has 1 aromatic heterocycles. The second kappa shape index (κ2) is 3.06. The van der Waals surface area contributed by atoms with Crippen LogP contribution < -0.4 is 16.0 Å². The van der Waals surface area contributed by atoms with E-state index >= 15 is 0 Å². The zero-order valence-electron chi connectivity index (χ0n) is 6.99. The van der Waals surface area contributed by atoms with Crippen molar-refractivity contribution in [2.24, 2.45) is 5.84 Å². The van der Waals surface area contributed by atoms with Crippen LogP contribution in [0.1, 0.15) is 16.8 Å². The van der Waals surface area contributed by atoms with Crippen LogP contribution in [-0.4, -0.2) is 22.3 Å². The van der Waals surface area contributed by atoms with Crippen LogP contribution >= 0.6 is 0 Å². The summed E-state index contributed by atoms with van der Waals surface area (Å²) in [6.07, 6.45) is 2.38. The van der Waals surface area contributed by atoms with Crippen molar-refractivity contribution in [1.82, 2.24) is 15.2 Å². The fraction of sp³-hybridized carbons (Fsp3) is 0.429. The molecule has 1 amide bonds. The predicted octanol–water partition coefficient (Wildman–Crippen LogP) is -0.731. The van der Waals surface area contributed by atoms with E-state index in [0.717, 1.165) is 13.0 Å². The Hall–Kier alpha value is -1.56. The zero-order chi connectivity index (χ0) is 9.26. The van der Waals surface area contributed by atoms with Gasteiger partial charge in [0.05, 0.1) is 12.8 Å². The molecule has 1 aromatic rings. The summed E-state index contributed by atoms with van der Waals surface area (Å²) in [4.78, 5) is 11.2. The Kier molecular flexibility index (Phi) is 1.90. The van der Waals surface area contributed by atoms with Crippen LogP contribution in [0, 0.1) is 0 Å². The third-order valence-corrected chi connectivity index (χ3v) is 1.92. The van der Waals surface area contributed by atoms with Gasteiger partial charge in [0.25, 0.3) is 5.91 Å². The summed E-state index contributed by atoms with van der Waals surface area (Å²) in [6, 6.07) is 0. The summed E-state index contributed by atoms with van der Waals surface area (Å²) in [5.41, 5.74) is 2.44. The first-order valence-electron chi connectivity index (χ1n) is 4.02. The fourth-order valence-corrected chi connectivity index (χ4v) is 1.30. The summed E-state index contributed by atoms with van der Waals surface area (Å²) in [7, 11) is 0. The highest BCUT2D eigenvalue weighted by Gasteiger charge is 2.20. The number of hydrogen-bond donors (Lipinski definition) is 2. The van der Waals surface area contributed by atoms with Crippen molar-refractivity contribution >= 4 is 5.91 Å². The maximum atomic E-state index is 11.2. The first-order valence-corrected chi connectivity index (χ1v) is 4.02. The minimum atomic E-state index is -0.372. The van der Waals surface area contributed by atoms with Crippen LogP contribution in [0.25, 0.3) is 0 Å². The average Bonchev–Trinajstić information content (AvgIpc) is 2.60. The summed E-state index contributed by atoms with van der Waals surface area (Å²) in [5, 5.41) is 4.00. The van der Waals surface area contributed by atoms with E-state index in [1.54, 1.807) is 4.68 Å². The Morgan fingerprint density at radius 3 is 3.38 bits per heavy atom. The first kappa shape index (κ1) is 8.06. The maximum Gasteiger partial charge on any atom is 0.272 e. The van der Waals surface area contributed by atoms with Gasteiger partial charge in [-0.2, -0.15) is 5.10 Å². The molecular formula is C7H10N4O2. The normalized spacial score (nSPS) is 14.5. The van der Waals surface area contributed by atoms with Crippen molar-refractivity contribution in [2.75, 3.05) is 6.61 Å². The monoisotopic (exact) mass is 182 g/mol. The lowest BCUT2D eigenvalue weighted by atomic mass is 10.3. The van der Waals surface area contributed by atoms with Crippen LogP contribution in [0.4, 0.5) is 0 Å². The van der Waals surface area contributed by atoms with Gasteiger partial charge in [0, 0.05) is 13.0 Å². The number of nitrogens with two attached hydrogens (primary N) is 1. The van der Waals surface area contributed by atoms with Gasteiger partial charge in [-0.05, 0) is 0 Å². The average molecular weight is 182 g/mol. The standard InChI is InChI=1S/C7H10N4O2/c8-10-6(12)5-4-9-11-2-1-3-13-7(5)11/h4H,1-3,8H2,(H,10,12). The number of aromatic nitrogens is 2. The number of nitrogen functional groups attached to an aromatic ring is 1. The molecule has 13 heavy (non-hydrogen) atoms. The van der Waals surface area contributed by atoms with Crippen molar-refractivity contribution in [3.63, 3.8) is 0 Å². The third-order valence-electron chi connectivity index (χ3n) is 1.92. The molecule has 2 heterocycles. The second-order valence-corrected chi connectivity index (χ2v) is 2.76. The lowest BCUT2D eigenvalue weighted by Gasteiger charge is -2.15. The molecule has 3 N–H and O–H groups in total. The number of fused-ring (bicyclic) bond motifs is 1. The number of carbonyl (C=O) groups excluding carboxylic acids is 1. The predicted molar refractivity (Wildman–Crippen MR) is 44.0 cm³/mol. The van der Waals surface area contributed by atoms with E-state index in [2.05, 4.69) is 5.10 Å². The van der Waals surface area contributed by atoms with Crippen LogP contribution in [-0.2, 0) is 6.54 Å². The Balaban J connectivity index is 2.36. The van der Waals surface area contributed by atoms with Gasteiger partial charge in [0.1, 0.15) is 5.56 Å². The summed E-state index contributed by atoms with van der Waals surface area (Å²) < 4.78 is 6.96. The molecule has 0 bridgehead atoms. The number of amides is 1. The van der Waals surface area contributed by atoms with Gasteiger partial charge in [0.15, 0.2) is 0 Å². The quantitative estimate of drug-likeness (QED) is 0.341. The number of ether oxygens (including phenoxy) is 1. The smallest absolute Gasteiger partial charge is 0.272 e. The molecule has 70 valence electrons. The molecule has 6 nitrogen and oxygen atoms in total. The molecule has 2 rings (SSSR count). The van der Waals surface area contributed by atoms with Gasteiger partial charge in [0.2, 0.25) is 5.88 Å². The van der Waals surface area contributed by atoms with Crippen molar-refractivity contribution < 1.29 is 9.53 Å². The van der Waals surface area contributed by atoms with Crippen LogP contribution in [0.3, 0.4) is 0 Å². The SMILES string of the molecule is NNC(=O)c1cnn2c1OCCC2. The van der Waals surface area contributed by atoms with E-state index < -0.39 is 0 Å². The zero-order valence-corrected chi connectivity index (χ0v) is 6.99. The molecule has 1 aliphatic rings. The summed E-state index contributed by atoms with van der Waals surface area (Å²) in [6.45, 7) is 1.41. The molecular weight excluding hydrogens is 172 g/mol. The van der Waals surface area contributed by atoms with E-state index in [1.165, 1.54) is 6.20 Å². The van der Waals surface area contributed by atoms with Crippen molar-refractivity contribution in [3.8, 4) is 5.88 Å². The molecule has 0 fully saturated rings. The number of carbonyl (C=O) groups is 1. The van der Waals surface area contributed by atoms with Crippen molar-refractivity contribution in [2.45, 2.75) is 13.0 Å². The van der Waals surface area contributed by atoms with Crippen LogP contribution in [0.15, 0.2) is 6.20 Å². The molecule has 0 saturated heterocycles. The number of aryl methyl sites for hydroxylation is 1. The molecule has 0 unspecified atom stereocenters. The molecule has 0 spiro atoms. The maximum absolute atomic E-state index is 11.2. The van der Waals surface area contributed by atoms with Gasteiger partial charge in [-0.25, -0.2) is 10.5 Å². The first-order chi connectivity index (χ1) is 6.33. The Morgan fingerprint density at radius 1 is 1.77 bits per heavy atom. The van der Waals surface area contributed by atoms with E-state index in [4.69, 9.17) is 10.6 Å². The minimum Gasteiger partial charge on any atom is -0.477 e. The lowest BCUT2D eigenvalue weighted by Crippen LogP contribution is -2.30. The largest absolute Gasteiger partial charge is 0.477 e. The highest BCUT2D eigenvalue weighted by Crippen LogP contribution is 2.21. The fourth-order valence-electron chi connectivity index (χ4n) is 1.30. The molecule has 0 radical (unpaired) electrons. The van der Waals surface area contributed by atoms with Gasteiger partial charge < -0.3 is 4.74 Å². The van der Waals surface area contributed by atoms with Crippen molar-refractivity contribution in [1.29, 1.82) is 0 Å². The van der Waals surface area contributed by atoms with Crippen LogP contribution in [0.2, 0.25) is 0 Å². The van der Waals surface area contributed by atoms with Gasteiger partial charge in [-0.3, -0.25) is 10.2 Å². The van der Waals surface area contributed by atoms with Gasteiger partial charge in [-0.15, -0.1) is 0 Å². The molecule has 0 aliphatic carbocycles. The summed E-state index contributed by atoms with van der Waals surface area (Å²) >= 11 is 0. The highest BCUT2D eigenvalue weighted by atomic mass is 16.5. The highest BCUT2D eigenvalue weighted by molar-refractivity contribution is 5.95. The van der Waals surface area contributed by atoms with E-state index in [1.807, 2.05) is 5.43 Å². The van der Waals surface area contributed by atoms with Gasteiger partial charge >= 0.3 is 0 Å². The third kappa shape index (κ3) is 1.25. The molecule has 1 aliphatic heterocycles. The molecule has 6 heteroatoms. The van der Waals surface area contributed by atoms with Gasteiger partial charge in [-0.1, -0.05) is 0 Å². The number of nitrogens with one attached hydrogen (secondary N) is 1. The number of nitrogens with zero attached hydrogens (tertiary/aromatic N) is 2.